The van der Waals surface area contributed by atoms with E-state index in [9.17, 15) is 32.5 Å². The Labute approximate surface area is 170 Å². The van der Waals surface area contributed by atoms with Gasteiger partial charge in [-0.2, -0.15) is 0 Å². The number of sulfonamides is 1. The number of urea groups is 1. The maximum atomic E-state index is 13.0. The van der Waals surface area contributed by atoms with Gasteiger partial charge in [-0.3, -0.25) is 20.1 Å². The van der Waals surface area contributed by atoms with Crippen molar-refractivity contribution < 1.29 is 32.5 Å². The molecule has 30 heavy (non-hydrogen) atoms. The van der Waals surface area contributed by atoms with Gasteiger partial charge in [0.15, 0.2) is 0 Å². The van der Waals surface area contributed by atoms with Gasteiger partial charge in [0.25, 0.3) is 21.6 Å². The van der Waals surface area contributed by atoms with Crippen molar-refractivity contribution in [3.05, 3.63) is 70.0 Å². The van der Waals surface area contributed by atoms with E-state index in [1.54, 1.807) is 4.72 Å². The molecule has 160 valence electrons. The molecule has 1 atom stereocenters. The highest BCUT2D eigenvalue weighted by molar-refractivity contribution is 7.90. The van der Waals surface area contributed by atoms with Crippen LogP contribution in [0.25, 0.3) is 0 Å². The fourth-order valence-electron chi connectivity index (χ4n) is 2.39. The molecule has 2 aromatic rings. The number of nitro benzene ring substituents is 1. The second-order valence-corrected chi connectivity index (χ2v) is 7.75. The Balaban J connectivity index is 2.29. The Morgan fingerprint density at radius 3 is 2.23 bits per heavy atom. The number of carbonyl (C=O) groups excluding carboxylic acids is 2. The number of hydrogen-bond donors (Lipinski definition) is 3. The summed E-state index contributed by atoms with van der Waals surface area (Å²) in [6.45, 7) is 0.929. The van der Waals surface area contributed by atoms with E-state index in [4.69, 9.17) is 5.21 Å². The molecule has 2 rings (SSSR count). The fraction of sp³-hybridized carbons (Fsp3) is 0.176. The molecule has 3 N–H and O–H groups in total. The molecule has 0 aromatic heterocycles. The van der Waals surface area contributed by atoms with Gasteiger partial charge < -0.3 is 4.90 Å². The molecule has 13 heteroatoms. The highest BCUT2D eigenvalue weighted by atomic mass is 32.2. The first-order valence-electron chi connectivity index (χ1n) is 8.31. The molecule has 0 fully saturated rings. The molecule has 0 saturated carbocycles. The second-order valence-electron chi connectivity index (χ2n) is 6.07. The minimum absolute atomic E-state index is 0.199. The summed E-state index contributed by atoms with van der Waals surface area (Å²) in [5.41, 5.74) is 1.52. The van der Waals surface area contributed by atoms with Crippen molar-refractivity contribution >= 4 is 27.6 Å². The van der Waals surface area contributed by atoms with Gasteiger partial charge in [-0.05, 0) is 36.8 Å². The molecule has 0 saturated heterocycles. The number of nitro groups is 1. The average molecular weight is 440 g/mol. The van der Waals surface area contributed by atoms with Crippen LogP contribution in [0.2, 0.25) is 0 Å². The molecule has 2 aromatic carbocycles. The standard InChI is InChI=1S/C17H17FN4O7S/c1-11(16(23)19-25)21(10-12-2-6-14(7-3-12)22(26)27)17(24)20-30(28,29)15-8-4-13(18)5-9-15/h2-9,11,25H,10H2,1H3,(H,19,23)(H,20,24)/t11-/m0/s1. The Bertz CT molecular complexity index is 1040. The highest BCUT2D eigenvalue weighted by Crippen LogP contribution is 2.16. The van der Waals surface area contributed by atoms with Crippen molar-refractivity contribution in [3.63, 3.8) is 0 Å². The quantitative estimate of drug-likeness (QED) is 0.334. The molecule has 0 heterocycles. The Morgan fingerprint density at radius 1 is 1.17 bits per heavy atom. The molecule has 0 spiro atoms. The zero-order valence-electron chi connectivity index (χ0n) is 15.5. The van der Waals surface area contributed by atoms with E-state index >= 15 is 0 Å². The second kappa shape index (κ2) is 9.28. The molecular weight excluding hydrogens is 423 g/mol. The molecular formula is C17H17FN4O7S. The van der Waals surface area contributed by atoms with Crippen LogP contribution in [-0.4, -0.2) is 41.4 Å². The van der Waals surface area contributed by atoms with Crippen molar-refractivity contribution in [1.29, 1.82) is 0 Å². The molecule has 0 aliphatic heterocycles. The van der Waals surface area contributed by atoms with Crippen LogP contribution in [0.3, 0.4) is 0 Å². The van der Waals surface area contributed by atoms with Crippen LogP contribution in [0, 0.1) is 15.9 Å². The molecule has 0 unspecified atom stereocenters. The van der Waals surface area contributed by atoms with Crippen molar-refractivity contribution in [2.24, 2.45) is 0 Å². The summed E-state index contributed by atoms with van der Waals surface area (Å²) >= 11 is 0. The van der Waals surface area contributed by atoms with Gasteiger partial charge in [-0.25, -0.2) is 27.8 Å². The predicted octanol–water partition coefficient (Wildman–Crippen LogP) is 1.53. The number of nitrogens with zero attached hydrogens (tertiary/aromatic N) is 2. The Kier molecular flexibility index (Phi) is 7.02. The number of hydroxylamine groups is 1. The van der Waals surface area contributed by atoms with Crippen molar-refractivity contribution in [3.8, 4) is 0 Å². The molecule has 0 bridgehead atoms. The van der Waals surface area contributed by atoms with Crippen LogP contribution >= 0.6 is 0 Å². The monoisotopic (exact) mass is 440 g/mol. The summed E-state index contributed by atoms with van der Waals surface area (Å²) in [5.74, 6) is -1.67. The van der Waals surface area contributed by atoms with E-state index in [0.717, 1.165) is 29.2 Å². The van der Waals surface area contributed by atoms with Crippen LogP contribution in [0.15, 0.2) is 53.4 Å². The van der Waals surface area contributed by atoms with Gasteiger partial charge in [0.05, 0.1) is 9.82 Å². The number of hydrogen-bond acceptors (Lipinski definition) is 7. The largest absolute Gasteiger partial charge is 0.332 e. The van der Waals surface area contributed by atoms with E-state index < -0.39 is 38.7 Å². The normalized spacial score (nSPS) is 12.0. The third-order valence-corrected chi connectivity index (χ3v) is 5.40. The lowest BCUT2D eigenvalue weighted by atomic mass is 10.1. The number of halogens is 1. The molecule has 3 amide bonds. The lowest BCUT2D eigenvalue weighted by molar-refractivity contribution is -0.384. The van der Waals surface area contributed by atoms with Gasteiger partial charge in [-0.15, -0.1) is 0 Å². The molecule has 0 radical (unpaired) electrons. The number of carbonyl (C=O) groups is 2. The number of rotatable bonds is 7. The maximum absolute atomic E-state index is 13.0. The topological polar surface area (TPSA) is 159 Å². The zero-order chi connectivity index (χ0) is 22.5. The first-order valence-corrected chi connectivity index (χ1v) is 9.79. The number of benzene rings is 2. The van der Waals surface area contributed by atoms with Crippen molar-refractivity contribution in [2.75, 3.05) is 0 Å². The minimum Gasteiger partial charge on any atom is -0.308 e. The smallest absolute Gasteiger partial charge is 0.308 e. The van der Waals surface area contributed by atoms with E-state index in [2.05, 4.69) is 0 Å². The van der Waals surface area contributed by atoms with Gasteiger partial charge in [0.1, 0.15) is 11.9 Å². The van der Waals surface area contributed by atoms with Crippen molar-refractivity contribution in [2.45, 2.75) is 24.4 Å². The fourth-order valence-corrected chi connectivity index (χ4v) is 3.34. The summed E-state index contributed by atoms with van der Waals surface area (Å²) in [4.78, 5) is 35.0. The summed E-state index contributed by atoms with van der Waals surface area (Å²) in [7, 11) is -4.39. The zero-order valence-corrected chi connectivity index (χ0v) is 16.3. The third kappa shape index (κ3) is 5.48. The lowest BCUT2D eigenvalue weighted by Crippen LogP contribution is -2.51. The SMILES string of the molecule is C[C@@H](C(=O)NO)N(Cc1ccc([N+](=O)[O-])cc1)C(=O)NS(=O)(=O)c1ccc(F)cc1. The van der Waals surface area contributed by atoms with Gasteiger partial charge in [0, 0.05) is 18.7 Å². The van der Waals surface area contributed by atoms with Crippen LogP contribution in [0.5, 0.6) is 0 Å². The van der Waals surface area contributed by atoms with Crippen LogP contribution in [-0.2, 0) is 21.4 Å². The van der Waals surface area contributed by atoms with E-state index in [0.29, 0.717) is 5.56 Å². The van der Waals surface area contributed by atoms with Gasteiger partial charge in [0.2, 0.25) is 0 Å². The van der Waals surface area contributed by atoms with E-state index in [-0.39, 0.29) is 17.1 Å². The number of amides is 3. The van der Waals surface area contributed by atoms with Crippen LogP contribution in [0.1, 0.15) is 12.5 Å². The highest BCUT2D eigenvalue weighted by Gasteiger charge is 2.29. The number of nitrogens with one attached hydrogen (secondary N) is 2. The van der Waals surface area contributed by atoms with Gasteiger partial charge in [-0.1, -0.05) is 12.1 Å². The first-order chi connectivity index (χ1) is 14.0. The minimum atomic E-state index is -4.39. The van der Waals surface area contributed by atoms with Crippen LogP contribution < -0.4 is 10.2 Å². The molecule has 11 nitrogen and oxygen atoms in total. The first kappa shape index (κ1) is 22.7. The third-order valence-electron chi connectivity index (χ3n) is 4.06. The van der Waals surface area contributed by atoms with Crippen LogP contribution in [0.4, 0.5) is 14.9 Å². The summed E-state index contributed by atoms with van der Waals surface area (Å²) in [5, 5.41) is 19.6. The number of non-ortho nitro benzene ring substituents is 1. The summed E-state index contributed by atoms with van der Waals surface area (Å²) in [6.07, 6.45) is 0. The van der Waals surface area contributed by atoms with E-state index in [1.807, 2.05) is 0 Å². The molecule has 0 aliphatic carbocycles. The molecule has 0 aliphatic rings. The van der Waals surface area contributed by atoms with E-state index in [1.165, 1.54) is 36.7 Å². The average Bonchev–Trinajstić information content (AvgIpc) is 2.71. The Morgan fingerprint density at radius 2 is 1.73 bits per heavy atom. The Hall–Kier alpha value is -3.58. The van der Waals surface area contributed by atoms with Gasteiger partial charge >= 0.3 is 6.03 Å². The summed E-state index contributed by atoms with van der Waals surface area (Å²) in [6, 6.07) is 6.21. The van der Waals surface area contributed by atoms with Crippen molar-refractivity contribution in [1.82, 2.24) is 15.1 Å². The summed E-state index contributed by atoms with van der Waals surface area (Å²) < 4.78 is 39.6. The predicted molar refractivity (Wildman–Crippen MR) is 100 cm³/mol. The maximum Gasteiger partial charge on any atom is 0.332 e. The lowest BCUT2D eigenvalue weighted by Gasteiger charge is -2.27.